The fourth-order valence-corrected chi connectivity index (χ4v) is 1.18. The van der Waals surface area contributed by atoms with Crippen molar-refractivity contribution in [3.8, 4) is 0 Å². The molecule has 5 nitrogen and oxygen atoms in total. The van der Waals surface area contributed by atoms with Gasteiger partial charge in [-0.2, -0.15) is 0 Å². The van der Waals surface area contributed by atoms with Crippen molar-refractivity contribution in [2.24, 2.45) is 5.73 Å². The van der Waals surface area contributed by atoms with Crippen LogP contribution >= 0.6 is 12.4 Å². The highest BCUT2D eigenvalue weighted by molar-refractivity contribution is 6.00. The molecule has 0 aliphatic rings. The molecule has 0 fully saturated rings. The number of rotatable bonds is 5. The molecular weight excluding hydrogens is 230 g/mol. The van der Waals surface area contributed by atoms with Gasteiger partial charge in [-0.25, -0.2) is 0 Å². The number of halogens is 1. The fraction of sp³-hybridized carbons (Fsp3) is 0.200. The second kappa shape index (κ2) is 6.68. The molecule has 0 bridgehead atoms. The van der Waals surface area contributed by atoms with Crippen molar-refractivity contribution in [3.05, 3.63) is 29.8 Å². The number of carbonyl (C=O) groups is 1. The van der Waals surface area contributed by atoms with E-state index in [1.807, 2.05) is 0 Å². The van der Waals surface area contributed by atoms with Crippen molar-refractivity contribution in [2.45, 2.75) is 6.42 Å². The molecule has 0 heterocycles. The van der Waals surface area contributed by atoms with Crippen LogP contribution in [0.4, 0.5) is 5.69 Å². The molecule has 0 radical (unpaired) electrons. The van der Waals surface area contributed by atoms with Gasteiger partial charge in [0, 0.05) is 17.8 Å². The summed E-state index contributed by atoms with van der Waals surface area (Å²) in [4.78, 5) is 10.3. The van der Waals surface area contributed by atoms with Crippen molar-refractivity contribution >= 4 is 29.9 Å². The van der Waals surface area contributed by atoms with Gasteiger partial charge in [0.05, 0.1) is 6.42 Å². The van der Waals surface area contributed by atoms with Gasteiger partial charge in [-0.1, -0.05) is 12.1 Å². The van der Waals surface area contributed by atoms with Crippen LogP contribution in [-0.2, 0) is 4.79 Å². The van der Waals surface area contributed by atoms with E-state index in [4.69, 9.17) is 16.2 Å². The highest BCUT2D eigenvalue weighted by Gasteiger charge is 2.04. The predicted molar refractivity (Wildman–Crippen MR) is 65.4 cm³/mol. The van der Waals surface area contributed by atoms with Crippen LogP contribution in [-0.4, -0.2) is 23.5 Å². The van der Waals surface area contributed by atoms with E-state index < -0.39 is 5.97 Å². The monoisotopic (exact) mass is 243 g/mol. The topological polar surface area (TPSA) is 99.2 Å². The van der Waals surface area contributed by atoms with Crippen LogP contribution in [0.15, 0.2) is 24.3 Å². The van der Waals surface area contributed by atoms with E-state index in [0.717, 1.165) is 0 Å². The summed E-state index contributed by atoms with van der Waals surface area (Å²) in [5.74, 6) is -0.892. The van der Waals surface area contributed by atoms with Gasteiger partial charge < -0.3 is 16.2 Å². The van der Waals surface area contributed by atoms with Gasteiger partial charge in [0.15, 0.2) is 0 Å². The van der Waals surface area contributed by atoms with Crippen molar-refractivity contribution in [2.75, 3.05) is 11.9 Å². The van der Waals surface area contributed by atoms with Crippen LogP contribution in [0.5, 0.6) is 0 Å². The van der Waals surface area contributed by atoms with E-state index in [1.54, 1.807) is 24.3 Å². The van der Waals surface area contributed by atoms with Gasteiger partial charge in [-0.05, 0) is 12.1 Å². The minimum absolute atomic E-state index is 0. The molecule has 16 heavy (non-hydrogen) atoms. The Labute approximate surface area is 99.6 Å². The van der Waals surface area contributed by atoms with Gasteiger partial charge in [-0.15, -0.1) is 12.4 Å². The molecule has 1 aromatic carbocycles. The van der Waals surface area contributed by atoms with E-state index in [0.29, 0.717) is 17.8 Å². The molecule has 88 valence electrons. The van der Waals surface area contributed by atoms with E-state index in [9.17, 15) is 4.79 Å². The maximum Gasteiger partial charge on any atom is 0.305 e. The first-order valence-corrected chi connectivity index (χ1v) is 4.50. The number of amidine groups is 1. The zero-order chi connectivity index (χ0) is 11.3. The number of benzene rings is 1. The zero-order valence-electron chi connectivity index (χ0n) is 8.56. The number of nitrogens with two attached hydrogens (primary N) is 1. The third kappa shape index (κ3) is 4.18. The summed E-state index contributed by atoms with van der Waals surface area (Å²) in [5.41, 5.74) is 6.65. The molecule has 0 saturated heterocycles. The number of hydrogen-bond acceptors (Lipinski definition) is 3. The number of carboxylic acids is 1. The Morgan fingerprint density at radius 3 is 2.62 bits per heavy atom. The number of nitrogens with one attached hydrogen (secondary N) is 2. The Bertz CT molecular complexity index is 382. The molecule has 1 rings (SSSR count). The van der Waals surface area contributed by atoms with Gasteiger partial charge in [0.1, 0.15) is 5.84 Å². The average molecular weight is 244 g/mol. The van der Waals surface area contributed by atoms with Crippen LogP contribution < -0.4 is 11.1 Å². The summed E-state index contributed by atoms with van der Waals surface area (Å²) >= 11 is 0. The number of hydrogen-bond donors (Lipinski definition) is 4. The molecule has 0 atom stereocenters. The van der Waals surface area contributed by atoms with Crippen molar-refractivity contribution in [1.82, 2.24) is 0 Å². The number of anilines is 1. The number of aliphatic carboxylic acids is 1. The summed E-state index contributed by atoms with van der Waals surface area (Å²) in [5, 5.41) is 18.7. The summed E-state index contributed by atoms with van der Waals surface area (Å²) in [6, 6.07) is 7.05. The molecule has 1 aromatic rings. The molecular formula is C10H14ClN3O2. The third-order valence-electron chi connectivity index (χ3n) is 1.87. The van der Waals surface area contributed by atoms with Crippen LogP contribution in [0.3, 0.4) is 0 Å². The lowest BCUT2D eigenvalue weighted by molar-refractivity contribution is -0.136. The summed E-state index contributed by atoms with van der Waals surface area (Å²) < 4.78 is 0. The summed E-state index contributed by atoms with van der Waals surface area (Å²) in [6.07, 6.45) is 0.0340. The Morgan fingerprint density at radius 1 is 1.44 bits per heavy atom. The quantitative estimate of drug-likeness (QED) is 0.462. The van der Waals surface area contributed by atoms with Crippen LogP contribution in [0.2, 0.25) is 0 Å². The lowest BCUT2D eigenvalue weighted by Crippen LogP contribution is -2.15. The number of para-hydroxylation sites is 1. The first-order valence-electron chi connectivity index (χ1n) is 4.50. The molecule has 0 spiro atoms. The van der Waals surface area contributed by atoms with Crippen LogP contribution in [0.1, 0.15) is 12.0 Å². The molecule has 0 unspecified atom stereocenters. The minimum atomic E-state index is -0.859. The molecule has 6 heteroatoms. The molecule has 0 aliphatic heterocycles. The zero-order valence-corrected chi connectivity index (χ0v) is 9.38. The Kier molecular flexibility index (Phi) is 5.95. The third-order valence-corrected chi connectivity index (χ3v) is 1.87. The highest BCUT2D eigenvalue weighted by Crippen LogP contribution is 2.13. The first kappa shape index (κ1) is 14.2. The van der Waals surface area contributed by atoms with Crippen LogP contribution in [0, 0.1) is 5.41 Å². The molecule has 5 N–H and O–H groups in total. The largest absolute Gasteiger partial charge is 0.481 e. The van der Waals surface area contributed by atoms with E-state index in [2.05, 4.69) is 5.32 Å². The molecule has 0 aliphatic carbocycles. The molecule has 0 amide bonds. The van der Waals surface area contributed by atoms with Gasteiger partial charge >= 0.3 is 5.97 Å². The second-order valence-electron chi connectivity index (χ2n) is 3.03. The van der Waals surface area contributed by atoms with Crippen molar-refractivity contribution in [3.63, 3.8) is 0 Å². The standard InChI is InChI=1S/C10H13N3O2.ClH/c11-10(12)7-3-1-2-4-8(7)13-6-5-9(14)15;/h1-4,13H,5-6H2,(H3,11,12)(H,14,15);1H. The Hall–Kier alpha value is -1.75. The Morgan fingerprint density at radius 2 is 2.06 bits per heavy atom. The minimum Gasteiger partial charge on any atom is -0.481 e. The SMILES string of the molecule is Cl.N=C(N)c1ccccc1NCCC(=O)O. The predicted octanol–water partition coefficient (Wildman–Crippen LogP) is 1.28. The lowest BCUT2D eigenvalue weighted by atomic mass is 10.1. The highest BCUT2D eigenvalue weighted by atomic mass is 35.5. The normalized spacial score (nSPS) is 9.00. The maximum atomic E-state index is 10.3. The number of nitrogen functional groups attached to an aromatic ring is 1. The van der Waals surface area contributed by atoms with Crippen molar-refractivity contribution in [1.29, 1.82) is 5.41 Å². The van der Waals surface area contributed by atoms with Crippen LogP contribution in [0.25, 0.3) is 0 Å². The van der Waals surface area contributed by atoms with Gasteiger partial charge in [0.25, 0.3) is 0 Å². The first-order chi connectivity index (χ1) is 7.11. The van der Waals surface area contributed by atoms with Gasteiger partial charge in [0.2, 0.25) is 0 Å². The fourth-order valence-electron chi connectivity index (χ4n) is 1.18. The summed E-state index contributed by atoms with van der Waals surface area (Å²) in [7, 11) is 0. The average Bonchev–Trinajstić information content (AvgIpc) is 2.17. The Balaban J connectivity index is 0.00000225. The number of carboxylic acid groups (broad SMARTS) is 1. The summed E-state index contributed by atoms with van der Waals surface area (Å²) in [6.45, 7) is 0.319. The lowest BCUT2D eigenvalue weighted by Gasteiger charge is -2.09. The van der Waals surface area contributed by atoms with E-state index >= 15 is 0 Å². The van der Waals surface area contributed by atoms with Gasteiger partial charge in [-0.3, -0.25) is 10.2 Å². The maximum absolute atomic E-state index is 10.3. The van der Waals surface area contributed by atoms with Crippen molar-refractivity contribution < 1.29 is 9.90 Å². The second-order valence-corrected chi connectivity index (χ2v) is 3.03. The smallest absolute Gasteiger partial charge is 0.305 e. The molecule has 0 aromatic heterocycles. The van der Waals surface area contributed by atoms with E-state index in [-0.39, 0.29) is 24.7 Å². The van der Waals surface area contributed by atoms with E-state index in [1.165, 1.54) is 0 Å². The molecule has 0 saturated carbocycles.